The fourth-order valence-electron chi connectivity index (χ4n) is 2.50. The van der Waals surface area contributed by atoms with Crippen molar-refractivity contribution in [1.29, 1.82) is 0 Å². The molecule has 1 aromatic carbocycles. The SMILES string of the molecule is CC(C)(C)c1ccc2c(c1)OC1C=CC=CC21. The first-order chi connectivity index (χ1) is 8.05. The van der Waals surface area contributed by atoms with Crippen molar-refractivity contribution >= 4 is 0 Å². The van der Waals surface area contributed by atoms with Gasteiger partial charge in [-0.15, -0.1) is 0 Å². The van der Waals surface area contributed by atoms with Crippen LogP contribution in [-0.4, -0.2) is 6.10 Å². The topological polar surface area (TPSA) is 9.23 Å². The predicted molar refractivity (Wildman–Crippen MR) is 70.6 cm³/mol. The van der Waals surface area contributed by atoms with Crippen molar-refractivity contribution in [1.82, 2.24) is 0 Å². The Hall–Kier alpha value is -1.50. The van der Waals surface area contributed by atoms with Crippen LogP contribution in [0.15, 0.2) is 42.5 Å². The Balaban J connectivity index is 2.03. The second kappa shape index (κ2) is 3.49. The molecule has 2 atom stereocenters. The molecule has 1 aromatic rings. The third kappa shape index (κ3) is 1.70. The molecule has 88 valence electrons. The molecule has 2 unspecified atom stereocenters. The highest BCUT2D eigenvalue weighted by molar-refractivity contribution is 5.49. The standard InChI is InChI=1S/C16H18O/c1-16(2,3)11-8-9-13-12-6-4-5-7-14(12)17-15(13)10-11/h4-10,12,14H,1-3H3. The van der Waals surface area contributed by atoms with Crippen LogP contribution in [0.3, 0.4) is 0 Å². The maximum Gasteiger partial charge on any atom is 0.128 e. The summed E-state index contributed by atoms with van der Waals surface area (Å²) >= 11 is 0. The van der Waals surface area contributed by atoms with Crippen molar-refractivity contribution in [3.8, 4) is 5.75 Å². The van der Waals surface area contributed by atoms with E-state index < -0.39 is 0 Å². The molecule has 0 bridgehead atoms. The molecule has 1 nitrogen and oxygen atoms in total. The first-order valence-corrected chi connectivity index (χ1v) is 6.22. The minimum atomic E-state index is 0.178. The van der Waals surface area contributed by atoms with Crippen LogP contribution in [0.2, 0.25) is 0 Å². The molecule has 1 aliphatic heterocycles. The van der Waals surface area contributed by atoms with Gasteiger partial charge in [-0.3, -0.25) is 0 Å². The highest BCUT2D eigenvalue weighted by Crippen LogP contribution is 2.42. The minimum Gasteiger partial charge on any atom is -0.485 e. The Morgan fingerprint density at radius 3 is 2.59 bits per heavy atom. The Bertz CT molecular complexity index is 503. The van der Waals surface area contributed by atoms with Crippen molar-refractivity contribution in [2.75, 3.05) is 0 Å². The molecule has 0 saturated carbocycles. The van der Waals surface area contributed by atoms with Gasteiger partial charge in [0.05, 0.1) is 0 Å². The summed E-state index contributed by atoms with van der Waals surface area (Å²) in [6, 6.07) is 6.66. The van der Waals surface area contributed by atoms with Crippen LogP contribution in [-0.2, 0) is 5.41 Å². The average molecular weight is 226 g/mol. The van der Waals surface area contributed by atoms with E-state index in [0.717, 1.165) is 5.75 Å². The highest BCUT2D eigenvalue weighted by atomic mass is 16.5. The number of hydrogen-bond donors (Lipinski definition) is 0. The zero-order valence-electron chi connectivity index (χ0n) is 10.6. The normalized spacial score (nSPS) is 25.4. The second-order valence-electron chi connectivity index (χ2n) is 5.88. The van der Waals surface area contributed by atoms with Crippen LogP contribution in [0.25, 0.3) is 0 Å². The Morgan fingerprint density at radius 2 is 1.82 bits per heavy atom. The third-order valence-electron chi connectivity index (χ3n) is 3.59. The number of ether oxygens (including phenoxy) is 1. The van der Waals surface area contributed by atoms with Gasteiger partial charge in [0, 0.05) is 11.5 Å². The first kappa shape index (κ1) is 10.6. The van der Waals surface area contributed by atoms with Crippen LogP contribution >= 0.6 is 0 Å². The summed E-state index contributed by atoms with van der Waals surface area (Å²) in [4.78, 5) is 0. The highest BCUT2D eigenvalue weighted by Gasteiger charge is 2.32. The minimum absolute atomic E-state index is 0.178. The van der Waals surface area contributed by atoms with E-state index in [1.54, 1.807) is 0 Å². The lowest BCUT2D eigenvalue weighted by molar-refractivity contribution is 0.268. The number of benzene rings is 1. The predicted octanol–water partition coefficient (Wildman–Crippen LogP) is 3.95. The molecule has 0 fully saturated rings. The van der Waals surface area contributed by atoms with E-state index in [9.17, 15) is 0 Å². The molecule has 0 amide bonds. The van der Waals surface area contributed by atoms with Crippen molar-refractivity contribution in [2.45, 2.75) is 38.2 Å². The van der Waals surface area contributed by atoms with Gasteiger partial charge in [0.25, 0.3) is 0 Å². The maximum atomic E-state index is 6.01. The van der Waals surface area contributed by atoms with Gasteiger partial charge >= 0.3 is 0 Å². The zero-order valence-corrected chi connectivity index (χ0v) is 10.6. The summed E-state index contributed by atoms with van der Waals surface area (Å²) in [5.74, 6) is 1.47. The lowest BCUT2D eigenvalue weighted by atomic mass is 9.84. The Morgan fingerprint density at radius 1 is 1.06 bits per heavy atom. The summed E-state index contributed by atoms with van der Waals surface area (Å²) in [6.07, 6.45) is 8.74. The van der Waals surface area contributed by atoms with E-state index in [2.05, 4.69) is 63.3 Å². The quantitative estimate of drug-likeness (QED) is 0.650. The van der Waals surface area contributed by atoms with E-state index in [0.29, 0.717) is 5.92 Å². The van der Waals surface area contributed by atoms with Gasteiger partial charge in [-0.1, -0.05) is 51.1 Å². The lowest BCUT2D eigenvalue weighted by Crippen LogP contribution is -2.15. The molecule has 3 rings (SSSR count). The summed E-state index contributed by atoms with van der Waals surface area (Å²) < 4.78 is 6.01. The van der Waals surface area contributed by atoms with E-state index >= 15 is 0 Å². The molecule has 0 aromatic heterocycles. The van der Waals surface area contributed by atoms with Crippen LogP contribution in [0.1, 0.15) is 37.8 Å². The Labute approximate surface area is 103 Å². The molecule has 0 radical (unpaired) electrons. The molecule has 17 heavy (non-hydrogen) atoms. The van der Waals surface area contributed by atoms with Crippen molar-refractivity contribution in [2.24, 2.45) is 0 Å². The van der Waals surface area contributed by atoms with Gasteiger partial charge in [-0.2, -0.15) is 0 Å². The van der Waals surface area contributed by atoms with Crippen molar-refractivity contribution in [3.63, 3.8) is 0 Å². The molecule has 1 heteroatoms. The lowest BCUT2D eigenvalue weighted by Gasteiger charge is -2.19. The maximum absolute atomic E-state index is 6.01. The molecular weight excluding hydrogens is 208 g/mol. The molecule has 0 spiro atoms. The molecule has 0 N–H and O–H groups in total. The van der Waals surface area contributed by atoms with Crippen LogP contribution in [0, 0.1) is 0 Å². The molecular formula is C16H18O. The van der Waals surface area contributed by atoms with Crippen LogP contribution in [0.5, 0.6) is 5.75 Å². The van der Waals surface area contributed by atoms with E-state index in [1.807, 2.05) is 0 Å². The van der Waals surface area contributed by atoms with E-state index in [-0.39, 0.29) is 11.5 Å². The second-order valence-corrected chi connectivity index (χ2v) is 5.88. The largest absolute Gasteiger partial charge is 0.485 e. The molecule has 0 saturated heterocycles. The summed E-state index contributed by atoms with van der Waals surface area (Å²) in [5.41, 5.74) is 2.84. The fraction of sp³-hybridized carbons (Fsp3) is 0.375. The smallest absolute Gasteiger partial charge is 0.128 e. The molecule has 2 aliphatic rings. The van der Waals surface area contributed by atoms with Gasteiger partial charge < -0.3 is 4.74 Å². The molecule has 1 aliphatic carbocycles. The molecule has 1 heterocycles. The summed E-state index contributed by atoms with van der Waals surface area (Å²) in [5, 5.41) is 0. The van der Waals surface area contributed by atoms with Crippen LogP contribution in [0.4, 0.5) is 0 Å². The van der Waals surface area contributed by atoms with Gasteiger partial charge in [0.2, 0.25) is 0 Å². The Kier molecular flexibility index (Phi) is 2.19. The number of rotatable bonds is 0. The van der Waals surface area contributed by atoms with E-state index in [1.165, 1.54) is 11.1 Å². The number of fused-ring (bicyclic) bond motifs is 3. The zero-order chi connectivity index (χ0) is 12.0. The van der Waals surface area contributed by atoms with Gasteiger partial charge in [-0.05, 0) is 23.1 Å². The monoisotopic (exact) mass is 226 g/mol. The number of hydrogen-bond acceptors (Lipinski definition) is 1. The fourth-order valence-corrected chi connectivity index (χ4v) is 2.50. The van der Waals surface area contributed by atoms with Crippen LogP contribution < -0.4 is 4.74 Å². The average Bonchev–Trinajstić information content (AvgIpc) is 2.65. The number of allylic oxidation sites excluding steroid dienone is 2. The van der Waals surface area contributed by atoms with Gasteiger partial charge in [0.15, 0.2) is 0 Å². The van der Waals surface area contributed by atoms with E-state index in [4.69, 9.17) is 4.74 Å². The third-order valence-corrected chi connectivity index (χ3v) is 3.59. The van der Waals surface area contributed by atoms with Gasteiger partial charge in [0.1, 0.15) is 11.9 Å². The van der Waals surface area contributed by atoms with Crippen molar-refractivity contribution in [3.05, 3.63) is 53.6 Å². The summed E-state index contributed by atoms with van der Waals surface area (Å²) in [7, 11) is 0. The van der Waals surface area contributed by atoms with Gasteiger partial charge in [-0.25, -0.2) is 0 Å². The summed E-state index contributed by atoms with van der Waals surface area (Å²) in [6.45, 7) is 6.70. The first-order valence-electron chi connectivity index (χ1n) is 6.22. The van der Waals surface area contributed by atoms with Crippen molar-refractivity contribution < 1.29 is 4.74 Å².